The molecule has 1 heterocycles. The molecular formula is C15H16NO. The zero-order valence-electron chi connectivity index (χ0n) is 9.91. The standard InChI is InChI=1S/C15H16NO/c1-13(17-15-5-3-2-4-6-15)7-8-14-9-11-16-12-10-14/h2-7,9-13H,8H2,1H3. The van der Waals surface area contributed by atoms with Crippen molar-refractivity contribution in [3.63, 3.8) is 0 Å². The smallest absolute Gasteiger partial charge is 0.119 e. The third kappa shape index (κ3) is 3.91. The molecule has 2 aromatic rings. The Morgan fingerprint density at radius 1 is 1.12 bits per heavy atom. The van der Waals surface area contributed by atoms with Crippen molar-refractivity contribution in [3.05, 3.63) is 66.8 Å². The molecule has 1 aromatic heterocycles. The van der Waals surface area contributed by atoms with Gasteiger partial charge in [-0.15, -0.1) is 0 Å². The quantitative estimate of drug-likeness (QED) is 0.780. The van der Waals surface area contributed by atoms with E-state index in [1.54, 1.807) is 0 Å². The summed E-state index contributed by atoms with van der Waals surface area (Å²) in [4.78, 5) is 4.00. The Bertz CT molecular complexity index is 427. The first-order valence-corrected chi connectivity index (χ1v) is 5.78. The van der Waals surface area contributed by atoms with E-state index in [2.05, 4.69) is 11.4 Å². The van der Waals surface area contributed by atoms with E-state index in [1.807, 2.05) is 61.8 Å². The largest absolute Gasteiger partial charge is 0.490 e. The molecule has 17 heavy (non-hydrogen) atoms. The van der Waals surface area contributed by atoms with Crippen LogP contribution in [0.2, 0.25) is 0 Å². The van der Waals surface area contributed by atoms with Gasteiger partial charge in [0.25, 0.3) is 0 Å². The normalized spacial score (nSPS) is 12.1. The summed E-state index contributed by atoms with van der Waals surface area (Å²) in [5.74, 6) is 0.908. The first-order chi connectivity index (χ1) is 8.34. The lowest BCUT2D eigenvalue weighted by Gasteiger charge is -2.14. The van der Waals surface area contributed by atoms with Gasteiger partial charge in [-0.3, -0.25) is 4.98 Å². The predicted octanol–water partition coefficient (Wildman–Crippen LogP) is 3.30. The summed E-state index contributed by atoms with van der Waals surface area (Å²) in [6, 6.07) is 13.9. The molecule has 2 nitrogen and oxygen atoms in total. The van der Waals surface area contributed by atoms with E-state index in [0.717, 1.165) is 12.2 Å². The molecule has 0 aliphatic carbocycles. The molecule has 0 bridgehead atoms. The molecule has 1 unspecified atom stereocenters. The van der Waals surface area contributed by atoms with Crippen LogP contribution in [0.3, 0.4) is 0 Å². The van der Waals surface area contributed by atoms with Crippen molar-refractivity contribution in [2.75, 3.05) is 0 Å². The van der Waals surface area contributed by atoms with Crippen molar-refractivity contribution in [1.82, 2.24) is 4.98 Å². The number of aromatic nitrogens is 1. The average molecular weight is 226 g/mol. The van der Waals surface area contributed by atoms with Crippen LogP contribution in [0.5, 0.6) is 5.75 Å². The highest BCUT2D eigenvalue weighted by Crippen LogP contribution is 2.13. The lowest BCUT2D eigenvalue weighted by molar-refractivity contribution is 0.251. The maximum Gasteiger partial charge on any atom is 0.119 e. The fourth-order valence-electron chi connectivity index (χ4n) is 1.58. The van der Waals surface area contributed by atoms with Crippen LogP contribution < -0.4 is 4.74 Å². The van der Waals surface area contributed by atoms with Crippen LogP contribution in [0, 0.1) is 6.42 Å². The van der Waals surface area contributed by atoms with Gasteiger partial charge in [-0.1, -0.05) is 18.2 Å². The minimum atomic E-state index is 0.102. The van der Waals surface area contributed by atoms with Crippen molar-refractivity contribution < 1.29 is 4.74 Å². The second-order valence-corrected chi connectivity index (χ2v) is 3.93. The zero-order valence-corrected chi connectivity index (χ0v) is 9.91. The van der Waals surface area contributed by atoms with Crippen LogP contribution in [0.4, 0.5) is 0 Å². The Morgan fingerprint density at radius 2 is 1.82 bits per heavy atom. The van der Waals surface area contributed by atoms with Gasteiger partial charge in [0.1, 0.15) is 5.75 Å². The van der Waals surface area contributed by atoms with Gasteiger partial charge in [-0.2, -0.15) is 0 Å². The maximum atomic E-state index is 5.76. The van der Waals surface area contributed by atoms with E-state index >= 15 is 0 Å². The lowest BCUT2D eigenvalue weighted by Crippen LogP contribution is -2.13. The number of pyridine rings is 1. The summed E-state index contributed by atoms with van der Waals surface area (Å²) in [5, 5.41) is 0. The fourth-order valence-corrected chi connectivity index (χ4v) is 1.58. The number of rotatable bonds is 5. The van der Waals surface area contributed by atoms with E-state index in [1.165, 1.54) is 5.56 Å². The van der Waals surface area contributed by atoms with E-state index < -0.39 is 0 Å². The third-order valence-corrected chi connectivity index (χ3v) is 2.50. The Morgan fingerprint density at radius 3 is 2.53 bits per heavy atom. The third-order valence-electron chi connectivity index (χ3n) is 2.50. The van der Waals surface area contributed by atoms with Gasteiger partial charge in [0.2, 0.25) is 0 Å². The monoisotopic (exact) mass is 226 g/mol. The van der Waals surface area contributed by atoms with Gasteiger partial charge in [-0.05, 0) is 43.2 Å². The number of hydrogen-bond acceptors (Lipinski definition) is 2. The van der Waals surface area contributed by atoms with Crippen molar-refractivity contribution in [3.8, 4) is 5.75 Å². The molecule has 0 aliphatic rings. The maximum absolute atomic E-state index is 5.76. The first kappa shape index (κ1) is 11.6. The molecule has 0 aliphatic heterocycles. The topological polar surface area (TPSA) is 22.1 Å². The van der Waals surface area contributed by atoms with Crippen LogP contribution in [-0.4, -0.2) is 11.1 Å². The molecule has 2 rings (SSSR count). The summed E-state index contributed by atoms with van der Waals surface area (Å²) in [6.45, 7) is 2.05. The number of para-hydroxylation sites is 1. The second kappa shape index (κ2) is 6.04. The lowest BCUT2D eigenvalue weighted by atomic mass is 10.1. The Kier molecular flexibility index (Phi) is 4.14. The van der Waals surface area contributed by atoms with Crippen molar-refractivity contribution in [1.29, 1.82) is 0 Å². The van der Waals surface area contributed by atoms with Gasteiger partial charge < -0.3 is 4.74 Å². The number of benzene rings is 1. The first-order valence-electron chi connectivity index (χ1n) is 5.78. The summed E-state index contributed by atoms with van der Waals surface area (Å²) >= 11 is 0. The molecule has 0 saturated carbocycles. The second-order valence-electron chi connectivity index (χ2n) is 3.93. The zero-order chi connectivity index (χ0) is 11.9. The Hall–Kier alpha value is -1.83. The molecule has 0 fully saturated rings. The number of nitrogens with zero attached hydrogens (tertiary/aromatic N) is 1. The van der Waals surface area contributed by atoms with Gasteiger partial charge in [0.05, 0.1) is 6.10 Å². The highest BCUT2D eigenvalue weighted by Gasteiger charge is 2.04. The summed E-state index contributed by atoms with van der Waals surface area (Å²) in [5.41, 5.74) is 1.25. The van der Waals surface area contributed by atoms with E-state index in [9.17, 15) is 0 Å². The molecule has 87 valence electrons. The van der Waals surface area contributed by atoms with E-state index in [4.69, 9.17) is 4.74 Å². The molecule has 2 heteroatoms. The highest BCUT2D eigenvalue weighted by molar-refractivity contribution is 5.21. The molecular weight excluding hydrogens is 210 g/mol. The molecule has 0 amide bonds. The van der Waals surface area contributed by atoms with Crippen molar-refractivity contribution >= 4 is 0 Å². The molecule has 0 saturated heterocycles. The van der Waals surface area contributed by atoms with Gasteiger partial charge in [0, 0.05) is 18.8 Å². The van der Waals surface area contributed by atoms with Crippen LogP contribution >= 0.6 is 0 Å². The summed E-state index contributed by atoms with van der Waals surface area (Å²) < 4.78 is 5.76. The fraction of sp³-hybridized carbons (Fsp3) is 0.200. The average Bonchev–Trinajstić information content (AvgIpc) is 2.39. The van der Waals surface area contributed by atoms with Crippen molar-refractivity contribution in [2.45, 2.75) is 19.4 Å². The number of hydrogen-bond donors (Lipinski definition) is 0. The predicted molar refractivity (Wildman–Crippen MR) is 68.8 cm³/mol. The van der Waals surface area contributed by atoms with Crippen LogP contribution in [0.15, 0.2) is 54.9 Å². The SMILES string of the molecule is CC([CH]Cc1ccncc1)Oc1ccccc1. The van der Waals surface area contributed by atoms with Crippen LogP contribution in [0.1, 0.15) is 12.5 Å². The molecule has 1 atom stereocenters. The van der Waals surface area contributed by atoms with Crippen LogP contribution in [-0.2, 0) is 6.42 Å². The molecule has 1 radical (unpaired) electrons. The molecule has 0 N–H and O–H groups in total. The highest BCUT2D eigenvalue weighted by atomic mass is 16.5. The van der Waals surface area contributed by atoms with Gasteiger partial charge in [0.15, 0.2) is 0 Å². The van der Waals surface area contributed by atoms with E-state index in [-0.39, 0.29) is 6.10 Å². The minimum absolute atomic E-state index is 0.102. The van der Waals surface area contributed by atoms with Crippen molar-refractivity contribution in [2.24, 2.45) is 0 Å². The summed E-state index contributed by atoms with van der Waals surface area (Å²) in [7, 11) is 0. The van der Waals surface area contributed by atoms with Crippen LogP contribution in [0.25, 0.3) is 0 Å². The Balaban J connectivity index is 1.80. The Labute approximate surface area is 102 Å². The van der Waals surface area contributed by atoms with E-state index in [0.29, 0.717) is 0 Å². The summed E-state index contributed by atoms with van der Waals surface area (Å²) in [6.07, 6.45) is 6.78. The number of ether oxygens (including phenoxy) is 1. The molecule has 1 aromatic carbocycles. The van der Waals surface area contributed by atoms with Gasteiger partial charge in [-0.25, -0.2) is 0 Å². The van der Waals surface area contributed by atoms with Gasteiger partial charge >= 0.3 is 0 Å². The molecule has 0 spiro atoms. The minimum Gasteiger partial charge on any atom is -0.490 e.